The number of unbranched alkanes of at least 4 members (excludes halogenated alkanes) is 1. The lowest BCUT2D eigenvalue weighted by Gasteiger charge is -2.19. The van der Waals surface area contributed by atoms with Gasteiger partial charge in [-0.25, -0.2) is 0 Å². The molecule has 0 heterocycles. The molecule has 2 aromatic rings. The van der Waals surface area contributed by atoms with E-state index in [1.54, 1.807) is 7.05 Å². The Balaban J connectivity index is 2.01. The minimum absolute atomic E-state index is 0.0445. The summed E-state index contributed by atoms with van der Waals surface area (Å²) in [6.07, 6.45) is 0.860. The van der Waals surface area contributed by atoms with Crippen LogP contribution < -0.4 is 4.72 Å². The SMILES string of the molecule is CCCCN(C)S(=O)(=O)NCC(O)c1ccc2ccccc2c1. The van der Waals surface area contributed by atoms with Gasteiger partial charge in [-0.1, -0.05) is 49.7 Å². The second-order valence-electron chi connectivity index (χ2n) is 5.65. The molecule has 0 fully saturated rings. The summed E-state index contributed by atoms with van der Waals surface area (Å²) < 4.78 is 27.9. The van der Waals surface area contributed by atoms with E-state index in [1.807, 2.05) is 49.4 Å². The van der Waals surface area contributed by atoms with Gasteiger partial charge in [0, 0.05) is 20.1 Å². The Labute approximate surface area is 138 Å². The van der Waals surface area contributed by atoms with Gasteiger partial charge in [0.15, 0.2) is 0 Å². The Morgan fingerprint density at radius 3 is 2.57 bits per heavy atom. The van der Waals surface area contributed by atoms with E-state index >= 15 is 0 Å². The fourth-order valence-corrected chi connectivity index (χ4v) is 3.29. The molecule has 5 nitrogen and oxygen atoms in total. The predicted octanol–water partition coefficient (Wildman–Crippen LogP) is 2.44. The maximum absolute atomic E-state index is 12.1. The van der Waals surface area contributed by atoms with Crippen LogP contribution in [0.3, 0.4) is 0 Å². The van der Waals surface area contributed by atoms with Crippen molar-refractivity contribution in [2.75, 3.05) is 20.1 Å². The lowest BCUT2D eigenvalue weighted by molar-refractivity contribution is 0.181. The van der Waals surface area contributed by atoms with E-state index in [9.17, 15) is 13.5 Å². The number of aliphatic hydroxyl groups excluding tert-OH is 1. The van der Waals surface area contributed by atoms with E-state index in [0.29, 0.717) is 12.1 Å². The molecule has 0 aliphatic heterocycles. The first-order valence-electron chi connectivity index (χ1n) is 7.81. The van der Waals surface area contributed by atoms with E-state index in [2.05, 4.69) is 4.72 Å². The third-order valence-corrected chi connectivity index (χ3v) is 5.39. The summed E-state index contributed by atoms with van der Waals surface area (Å²) >= 11 is 0. The van der Waals surface area contributed by atoms with E-state index in [-0.39, 0.29) is 6.54 Å². The van der Waals surface area contributed by atoms with Crippen molar-refractivity contribution in [3.63, 3.8) is 0 Å². The topological polar surface area (TPSA) is 69.6 Å². The fraction of sp³-hybridized carbons (Fsp3) is 0.412. The van der Waals surface area contributed by atoms with Crippen LogP contribution in [0.25, 0.3) is 10.8 Å². The van der Waals surface area contributed by atoms with Crippen LogP contribution in [-0.4, -0.2) is 38.0 Å². The van der Waals surface area contributed by atoms with Crippen molar-refractivity contribution >= 4 is 21.0 Å². The number of benzene rings is 2. The normalized spacial score (nSPS) is 13.6. The summed E-state index contributed by atoms with van der Waals surface area (Å²) in [6.45, 7) is 2.44. The molecule has 0 saturated heterocycles. The maximum Gasteiger partial charge on any atom is 0.279 e. The summed E-state index contributed by atoms with van der Waals surface area (Å²) in [5, 5.41) is 12.4. The van der Waals surface area contributed by atoms with Crippen LogP contribution in [0.15, 0.2) is 42.5 Å². The number of rotatable bonds is 8. The van der Waals surface area contributed by atoms with Gasteiger partial charge in [-0.2, -0.15) is 17.4 Å². The number of aliphatic hydroxyl groups is 1. The zero-order valence-electron chi connectivity index (χ0n) is 13.6. The van der Waals surface area contributed by atoms with E-state index in [0.717, 1.165) is 23.6 Å². The second-order valence-corrected chi connectivity index (χ2v) is 7.51. The van der Waals surface area contributed by atoms with Crippen molar-refractivity contribution in [3.8, 4) is 0 Å². The van der Waals surface area contributed by atoms with Gasteiger partial charge in [0.25, 0.3) is 10.2 Å². The summed E-state index contributed by atoms with van der Waals surface area (Å²) in [4.78, 5) is 0. The Bertz CT molecular complexity index is 746. The third-order valence-electron chi connectivity index (χ3n) is 3.85. The largest absolute Gasteiger partial charge is 0.387 e. The molecular weight excluding hydrogens is 312 g/mol. The molecule has 2 rings (SSSR count). The number of nitrogens with zero attached hydrogens (tertiary/aromatic N) is 1. The maximum atomic E-state index is 12.1. The molecule has 0 bridgehead atoms. The molecule has 0 aliphatic rings. The smallest absolute Gasteiger partial charge is 0.279 e. The Kier molecular flexibility index (Phi) is 6.12. The first kappa shape index (κ1) is 17.9. The number of hydrogen-bond acceptors (Lipinski definition) is 3. The lowest BCUT2D eigenvalue weighted by Crippen LogP contribution is -2.40. The standard InChI is InChI=1S/C17H24N2O3S/c1-3-4-11-19(2)23(21,22)18-13-17(20)16-10-9-14-7-5-6-8-15(14)12-16/h5-10,12,17-18,20H,3-4,11,13H2,1-2H3. The van der Waals surface area contributed by atoms with Gasteiger partial charge in [-0.05, 0) is 28.8 Å². The molecule has 0 aromatic heterocycles. The minimum Gasteiger partial charge on any atom is -0.387 e. The zero-order valence-corrected chi connectivity index (χ0v) is 14.4. The van der Waals surface area contributed by atoms with Crippen LogP contribution in [0.2, 0.25) is 0 Å². The molecular formula is C17H24N2O3S. The Hall–Kier alpha value is -1.47. The third kappa shape index (κ3) is 4.75. The highest BCUT2D eigenvalue weighted by atomic mass is 32.2. The quantitative estimate of drug-likeness (QED) is 0.778. The van der Waals surface area contributed by atoms with E-state index in [1.165, 1.54) is 4.31 Å². The highest BCUT2D eigenvalue weighted by molar-refractivity contribution is 7.87. The van der Waals surface area contributed by atoms with E-state index < -0.39 is 16.3 Å². The minimum atomic E-state index is -3.55. The zero-order chi connectivity index (χ0) is 16.9. The molecule has 0 spiro atoms. The van der Waals surface area contributed by atoms with Crippen molar-refractivity contribution in [2.45, 2.75) is 25.9 Å². The first-order chi connectivity index (χ1) is 10.9. The molecule has 23 heavy (non-hydrogen) atoms. The van der Waals surface area contributed by atoms with Crippen molar-refractivity contribution in [3.05, 3.63) is 48.0 Å². The number of nitrogens with one attached hydrogen (secondary N) is 1. The van der Waals surface area contributed by atoms with E-state index in [4.69, 9.17) is 0 Å². The second kappa shape index (κ2) is 7.88. The van der Waals surface area contributed by atoms with Crippen molar-refractivity contribution in [2.24, 2.45) is 0 Å². The molecule has 6 heteroatoms. The van der Waals surface area contributed by atoms with Gasteiger partial charge >= 0.3 is 0 Å². The van der Waals surface area contributed by atoms with Crippen LogP contribution in [-0.2, 0) is 10.2 Å². The highest BCUT2D eigenvalue weighted by Crippen LogP contribution is 2.20. The average molecular weight is 336 g/mol. The number of hydrogen-bond donors (Lipinski definition) is 2. The van der Waals surface area contributed by atoms with Crippen molar-refractivity contribution in [1.29, 1.82) is 0 Å². The van der Waals surface area contributed by atoms with Gasteiger partial charge in [0.2, 0.25) is 0 Å². The first-order valence-corrected chi connectivity index (χ1v) is 9.25. The molecule has 126 valence electrons. The lowest BCUT2D eigenvalue weighted by atomic mass is 10.0. The monoisotopic (exact) mass is 336 g/mol. The average Bonchev–Trinajstić information content (AvgIpc) is 2.57. The Morgan fingerprint density at radius 1 is 1.17 bits per heavy atom. The van der Waals surface area contributed by atoms with Gasteiger partial charge in [-0.3, -0.25) is 0 Å². The van der Waals surface area contributed by atoms with Gasteiger partial charge < -0.3 is 5.11 Å². The molecule has 0 amide bonds. The van der Waals surface area contributed by atoms with Crippen LogP contribution >= 0.6 is 0 Å². The molecule has 1 unspecified atom stereocenters. The highest BCUT2D eigenvalue weighted by Gasteiger charge is 2.18. The predicted molar refractivity (Wildman–Crippen MR) is 93.4 cm³/mol. The fourth-order valence-electron chi connectivity index (χ4n) is 2.33. The Morgan fingerprint density at radius 2 is 1.87 bits per heavy atom. The van der Waals surface area contributed by atoms with Crippen molar-refractivity contribution in [1.82, 2.24) is 9.03 Å². The van der Waals surface area contributed by atoms with Gasteiger partial charge in [-0.15, -0.1) is 0 Å². The van der Waals surface area contributed by atoms with Crippen LogP contribution in [0, 0.1) is 0 Å². The van der Waals surface area contributed by atoms with Crippen LogP contribution in [0.1, 0.15) is 31.4 Å². The van der Waals surface area contributed by atoms with Gasteiger partial charge in [0.1, 0.15) is 0 Å². The molecule has 1 atom stereocenters. The van der Waals surface area contributed by atoms with Gasteiger partial charge in [0.05, 0.1) is 6.10 Å². The van der Waals surface area contributed by atoms with Crippen LogP contribution in [0.4, 0.5) is 0 Å². The molecule has 2 aromatic carbocycles. The van der Waals surface area contributed by atoms with Crippen LogP contribution in [0.5, 0.6) is 0 Å². The summed E-state index contributed by atoms with van der Waals surface area (Å²) in [7, 11) is -2.01. The molecule has 0 radical (unpaired) electrons. The summed E-state index contributed by atoms with van der Waals surface area (Å²) in [5.41, 5.74) is 0.697. The van der Waals surface area contributed by atoms with Crippen molar-refractivity contribution < 1.29 is 13.5 Å². The summed E-state index contributed by atoms with van der Waals surface area (Å²) in [6, 6.07) is 13.5. The summed E-state index contributed by atoms with van der Waals surface area (Å²) in [5.74, 6) is 0. The molecule has 0 aliphatic carbocycles. The number of fused-ring (bicyclic) bond motifs is 1. The molecule has 0 saturated carbocycles. The molecule has 2 N–H and O–H groups in total.